The van der Waals surface area contributed by atoms with E-state index in [0.717, 1.165) is 18.4 Å². The predicted octanol–water partition coefficient (Wildman–Crippen LogP) is 1.91. The Morgan fingerprint density at radius 3 is 2.83 bits per heavy atom. The van der Waals surface area contributed by atoms with Gasteiger partial charge in [-0.3, -0.25) is 9.59 Å². The van der Waals surface area contributed by atoms with Gasteiger partial charge >= 0.3 is 5.97 Å². The largest absolute Gasteiger partial charge is 0.455 e. The molecule has 1 saturated carbocycles. The van der Waals surface area contributed by atoms with Crippen molar-refractivity contribution in [3.63, 3.8) is 0 Å². The minimum Gasteiger partial charge on any atom is -0.455 e. The lowest BCUT2D eigenvalue weighted by molar-refractivity contribution is -0.149. The number of nitrogens with one attached hydrogen (secondary N) is 1. The van der Waals surface area contributed by atoms with Crippen LogP contribution in [0.1, 0.15) is 18.4 Å². The van der Waals surface area contributed by atoms with Crippen LogP contribution in [-0.4, -0.2) is 18.5 Å². The Bertz CT molecular complexity index is 457. The van der Waals surface area contributed by atoms with Crippen LogP contribution in [0, 0.1) is 5.92 Å². The van der Waals surface area contributed by atoms with Crippen molar-refractivity contribution < 1.29 is 14.3 Å². The molecule has 0 aromatic heterocycles. The molecule has 0 atom stereocenters. The molecular formula is C13H14ClNO3. The summed E-state index contributed by atoms with van der Waals surface area (Å²) in [4.78, 5) is 22.6. The molecule has 0 saturated heterocycles. The van der Waals surface area contributed by atoms with Crippen LogP contribution in [0.3, 0.4) is 0 Å². The second kappa shape index (κ2) is 5.87. The topological polar surface area (TPSA) is 55.4 Å². The number of esters is 1. The normalized spacial score (nSPS) is 14.1. The van der Waals surface area contributed by atoms with Crippen molar-refractivity contribution >= 4 is 23.5 Å². The van der Waals surface area contributed by atoms with Crippen LogP contribution >= 0.6 is 11.6 Å². The molecule has 1 aliphatic carbocycles. The Labute approximate surface area is 110 Å². The van der Waals surface area contributed by atoms with Crippen molar-refractivity contribution in [2.45, 2.75) is 19.4 Å². The number of hydrogen-bond donors (Lipinski definition) is 1. The van der Waals surface area contributed by atoms with Crippen LogP contribution in [0.2, 0.25) is 5.02 Å². The third-order valence-corrected chi connectivity index (χ3v) is 2.87. The molecule has 1 N–H and O–H groups in total. The molecule has 1 fully saturated rings. The van der Waals surface area contributed by atoms with Crippen molar-refractivity contribution in [3.8, 4) is 0 Å². The van der Waals surface area contributed by atoms with E-state index in [1.807, 2.05) is 12.1 Å². The molecule has 96 valence electrons. The maximum atomic E-state index is 11.4. The Hall–Kier alpha value is -1.55. The van der Waals surface area contributed by atoms with Crippen LogP contribution in [0.4, 0.5) is 0 Å². The number of carbonyl (C=O) groups is 2. The Balaban J connectivity index is 1.69. The average molecular weight is 268 g/mol. The number of carbonyl (C=O) groups excluding carboxylic acids is 2. The first kappa shape index (κ1) is 12.9. The summed E-state index contributed by atoms with van der Waals surface area (Å²) in [6.07, 6.45) is 1.76. The molecule has 0 spiro atoms. The predicted molar refractivity (Wildman–Crippen MR) is 67.0 cm³/mol. The highest BCUT2D eigenvalue weighted by Gasteiger charge is 2.31. The average Bonchev–Trinajstić information content (AvgIpc) is 3.17. The van der Waals surface area contributed by atoms with Gasteiger partial charge in [0.2, 0.25) is 0 Å². The molecule has 1 aliphatic rings. The van der Waals surface area contributed by atoms with Gasteiger partial charge in [-0.15, -0.1) is 0 Å². The fourth-order valence-corrected chi connectivity index (χ4v) is 1.69. The van der Waals surface area contributed by atoms with E-state index in [4.69, 9.17) is 16.3 Å². The summed E-state index contributed by atoms with van der Waals surface area (Å²) in [6.45, 7) is 0.163. The van der Waals surface area contributed by atoms with E-state index in [1.54, 1.807) is 12.1 Å². The summed E-state index contributed by atoms with van der Waals surface area (Å²) in [7, 11) is 0. The lowest BCUT2D eigenvalue weighted by Gasteiger charge is -2.06. The van der Waals surface area contributed by atoms with E-state index in [-0.39, 0.29) is 24.4 Å². The quantitative estimate of drug-likeness (QED) is 0.829. The summed E-state index contributed by atoms with van der Waals surface area (Å²) in [5, 5.41) is 3.29. The number of amides is 1. The minimum atomic E-state index is -0.302. The van der Waals surface area contributed by atoms with Gasteiger partial charge in [0, 0.05) is 11.6 Å². The van der Waals surface area contributed by atoms with Gasteiger partial charge in [0.05, 0.1) is 5.92 Å². The molecule has 0 heterocycles. The molecule has 0 unspecified atom stereocenters. The van der Waals surface area contributed by atoms with Crippen LogP contribution in [0.5, 0.6) is 0 Å². The highest BCUT2D eigenvalue weighted by Crippen LogP contribution is 2.29. The highest BCUT2D eigenvalue weighted by atomic mass is 35.5. The lowest BCUT2D eigenvalue weighted by atomic mass is 10.2. The Morgan fingerprint density at radius 1 is 1.39 bits per heavy atom. The maximum absolute atomic E-state index is 11.4. The van der Waals surface area contributed by atoms with Crippen molar-refractivity contribution in [2.75, 3.05) is 6.61 Å². The van der Waals surface area contributed by atoms with Crippen LogP contribution in [0.15, 0.2) is 24.3 Å². The summed E-state index contributed by atoms with van der Waals surface area (Å²) < 4.78 is 4.86. The zero-order valence-corrected chi connectivity index (χ0v) is 10.6. The van der Waals surface area contributed by atoms with Gasteiger partial charge in [-0.1, -0.05) is 23.7 Å². The van der Waals surface area contributed by atoms with E-state index in [2.05, 4.69) is 5.32 Å². The zero-order chi connectivity index (χ0) is 13.0. The molecule has 18 heavy (non-hydrogen) atoms. The fourth-order valence-electron chi connectivity index (χ4n) is 1.47. The highest BCUT2D eigenvalue weighted by molar-refractivity contribution is 6.30. The van der Waals surface area contributed by atoms with Gasteiger partial charge in [-0.25, -0.2) is 0 Å². The first-order valence-corrected chi connectivity index (χ1v) is 6.21. The number of hydrogen-bond acceptors (Lipinski definition) is 3. The Kier molecular flexibility index (Phi) is 4.20. The first-order chi connectivity index (χ1) is 8.65. The van der Waals surface area contributed by atoms with E-state index in [9.17, 15) is 9.59 Å². The molecule has 1 amide bonds. The van der Waals surface area contributed by atoms with Crippen LogP contribution in [0.25, 0.3) is 0 Å². The molecule has 0 radical (unpaired) electrons. The summed E-state index contributed by atoms with van der Waals surface area (Å²) in [5.74, 6) is -0.553. The van der Waals surface area contributed by atoms with E-state index < -0.39 is 0 Å². The smallest absolute Gasteiger partial charge is 0.309 e. The first-order valence-electron chi connectivity index (χ1n) is 5.83. The number of benzene rings is 1. The number of ether oxygens (including phenoxy) is 1. The standard InChI is InChI=1S/C13H14ClNO3/c14-11-3-1-2-9(6-11)7-15-12(16)8-18-13(17)10-4-5-10/h1-3,6,10H,4-5,7-8H2,(H,15,16). The van der Waals surface area contributed by atoms with Gasteiger partial charge in [0.1, 0.15) is 0 Å². The summed E-state index contributed by atoms with van der Waals surface area (Å²) >= 11 is 5.82. The fraction of sp³-hybridized carbons (Fsp3) is 0.385. The van der Waals surface area contributed by atoms with E-state index >= 15 is 0 Å². The number of rotatable bonds is 5. The molecule has 5 heteroatoms. The molecular weight excluding hydrogens is 254 g/mol. The van der Waals surface area contributed by atoms with Gasteiger partial charge in [-0.05, 0) is 30.5 Å². The summed E-state index contributed by atoms with van der Waals surface area (Å²) in [5.41, 5.74) is 0.907. The van der Waals surface area contributed by atoms with E-state index in [1.165, 1.54) is 0 Å². The zero-order valence-electron chi connectivity index (χ0n) is 9.82. The van der Waals surface area contributed by atoms with Crippen LogP contribution in [-0.2, 0) is 20.9 Å². The van der Waals surface area contributed by atoms with Gasteiger partial charge in [0.15, 0.2) is 6.61 Å². The second-order valence-electron chi connectivity index (χ2n) is 4.29. The third kappa shape index (κ3) is 4.04. The van der Waals surface area contributed by atoms with Crippen molar-refractivity contribution in [2.24, 2.45) is 5.92 Å². The van der Waals surface area contributed by atoms with E-state index in [0.29, 0.717) is 11.6 Å². The van der Waals surface area contributed by atoms with Crippen molar-refractivity contribution in [3.05, 3.63) is 34.9 Å². The summed E-state index contributed by atoms with van der Waals surface area (Å²) in [6, 6.07) is 7.22. The SMILES string of the molecule is O=C(COC(=O)C1CC1)NCc1cccc(Cl)c1. The van der Waals surface area contributed by atoms with Crippen molar-refractivity contribution in [1.82, 2.24) is 5.32 Å². The van der Waals surface area contributed by atoms with Crippen molar-refractivity contribution in [1.29, 1.82) is 0 Å². The Morgan fingerprint density at radius 2 is 2.17 bits per heavy atom. The molecule has 1 aromatic carbocycles. The van der Waals surface area contributed by atoms with Crippen LogP contribution < -0.4 is 5.32 Å². The molecule has 4 nitrogen and oxygen atoms in total. The molecule has 2 rings (SSSR count). The second-order valence-corrected chi connectivity index (χ2v) is 4.73. The van der Waals surface area contributed by atoms with Gasteiger partial charge in [-0.2, -0.15) is 0 Å². The molecule has 0 bridgehead atoms. The molecule has 0 aliphatic heterocycles. The minimum absolute atomic E-state index is 0.0192. The third-order valence-electron chi connectivity index (χ3n) is 2.63. The lowest BCUT2D eigenvalue weighted by Crippen LogP contribution is -2.28. The monoisotopic (exact) mass is 267 g/mol. The van der Waals surface area contributed by atoms with Gasteiger partial charge in [0.25, 0.3) is 5.91 Å². The van der Waals surface area contributed by atoms with Gasteiger partial charge < -0.3 is 10.1 Å². The number of halogens is 1. The maximum Gasteiger partial charge on any atom is 0.309 e. The molecule has 1 aromatic rings.